The molecule has 1 rings (SSSR count). The molecule has 0 radical (unpaired) electrons. The number of hydrogen-bond donors (Lipinski definition) is 2. The van der Waals surface area contributed by atoms with Gasteiger partial charge in [-0.1, -0.05) is 18.5 Å². The van der Waals surface area contributed by atoms with Crippen molar-refractivity contribution in [3.8, 4) is 0 Å². The van der Waals surface area contributed by atoms with Gasteiger partial charge in [0.1, 0.15) is 0 Å². The van der Waals surface area contributed by atoms with Gasteiger partial charge < -0.3 is 15.6 Å². The first-order valence-electron chi connectivity index (χ1n) is 5.48. The number of nitrogens with two attached hydrogens (primary N) is 1. The van der Waals surface area contributed by atoms with Crippen LogP contribution in [0.1, 0.15) is 25.6 Å². The van der Waals surface area contributed by atoms with Gasteiger partial charge in [-0.25, -0.2) is 0 Å². The lowest BCUT2D eigenvalue weighted by Crippen LogP contribution is -2.29. The summed E-state index contributed by atoms with van der Waals surface area (Å²) in [4.78, 5) is 15.3. The summed E-state index contributed by atoms with van der Waals surface area (Å²) in [5.41, 5.74) is 5.53. The van der Waals surface area contributed by atoms with Crippen LogP contribution in [0.25, 0.3) is 0 Å². The van der Waals surface area contributed by atoms with Gasteiger partial charge in [0.15, 0.2) is 5.82 Å². The molecule has 1 atom stereocenters. The van der Waals surface area contributed by atoms with Crippen molar-refractivity contribution in [2.24, 2.45) is 11.7 Å². The third-order valence-electron chi connectivity index (χ3n) is 2.46. The highest BCUT2D eigenvalue weighted by atomic mass is 16.5. The average Bonchev–Trinajstić information content (AvgIpc) is 2.79. The molecular weight excluding hydrogens is 208 g/mol. The summed E-state index contributed by atoms with van der Waals surface area (Å²) in [6.07, 6.45) is 3.27. The Kier molecular flexibility index (Phi) is 5.49. The summed E-state index contributed by atoms with van der Waals surface area (Å²) in [7, 11) is 0. The van der Waals surface area contributed by atoms with Crippen molar-refractivity contribution in [2.75, 3.05) is 13.1 Å². The number of nitrogens with one attached hydrogen (secondary N) is 1. The molecule has 6 heteroatoms. The number of aromatic nitrogens is 2. The molecule has 90 valence electrons. The van der Waals surface area contributed by atoms with Crippen LogP contribution in [0, 0.1) is 5.92 Å². The van der Waals surface area contributed by atoms with Gasteiger partial charge in [-0.05, 0) is 12.5 Å². The van der Waals surface area contributed by atoms with Gasteiger partial charge >= 0.3 is 0 Å². The van der Waals surface area contributed by atoms with Crippen molar-refractivity contribution in [2.45, 2.75) is 26.2 Å². The highest BCUT2D eigenvalue weighted by Gasteiger charge is 2.10. The molecule has 1 aromatic heterocycles. The van der Waals surface area contributed by atoms with Crippen LogP contribution in [0.4, 0.5) is 0 Å². The Bertz CT molecular complexity index is 296. The van der Waals surface area contributed by atoms with Crippen LogP contribution in [-0.2, 0) is 11.2 Å². The SMILES string of the molecule is CCC(CN)CC(=O)NCCc1ncon1. The molecule has 16 heavy (non-hydrogen) atoms. The topological polar surface area (TPSA) is 94.0 Å². The Morgan fingerprint density at radius 2 is 2.50 bits per heavy atom. The van der Waals surface area contributed by atoms with Crippen LogP contribution < -0.4 is 11.1 Å². The Morgan fingerprint density at radius 3 is 3.06 bits per heavy atom. The number of carbonyl (C=O) groups excluding carboxylic acids is 1. The van der Waals surface area contributed by atoms with E-state index in [1.54, 1.807) is 0 Å². The first-order valence-corrected chi connectivity index (χ1v) is 5.48. The minimum absolute atomic E-state index is 0.0285. The van der Waals surface area contributed by atoms with Crippen molar-refractivity contribution in [3.63, 3.8) is 0 Å². The largest absolute Gasteiger partial charge is 0.356 e. The van der Waals surface area contributed by atoms with Gasteiger partial charge in [-0.15, -0.1) is 0 Å². The van der Waals surface area contributed by atoms with Crippen LogP contribution in [0.5, 0.6) is 0 Å². The summed E-state index contributed by atoms with van der Waals surface area (Å²) in [5, 5.41) is 6.45. The molecule has 1 heterocycles. The van der Waals surface area contributed by atoms with E-state index in [0.717, 1.165) is 6.42 Å². The average molecular weight is 226 g/mol. The van der Waals surface area contributed by atoms with E-state index in [9.17, 15) is 4.79 Å². The van der Waals surface area contributed by atoms with Crippen LogP contribution in [0.3, 0.4) is 0 Å². The Balaban J connectivity index is 2.15. The molecule has 0 aliphatic rings. The van der Waals surface area contributed by atoms with Crippen molar-refractivity contribution < 1.29 is 9.32 Å². The third kappa shape index (κ3) is 4.39. The van der Waals surface area contributed by atoms with Crippen molar-refractivity contribution in [3.05, 3.63) is 12.2 Å². The van der Waals surface area contributed by atoms with Gasteiger partial charge in [-0.3, -0.25) is 4.79 Å². The number of nitrogens with zero attached hydrogens (tertiary/aromatic N) is 2. The van der Waals surface area contributed by atoms with Crippen LogP contribution in [-0.4, -0.2) is 29.1 Å². The number of amides is 1. The fraction of sp³-hybridized carbons (Fsp3) is 0.700. The zero-order chi connectivity index (χ0) is 11.8. The van der Waals surface area contributed by atoms with Gasteiger partial charge in [-0.2, -0.15) is 4.98 Å². The molecule has 0 saturated heterocycles. The second-order valence-corrected chi connectivity index (χ2v) is 3.66. The lowest BCUT2D eigenvalue weighted by atomic mass is 10.0. The quantitative estimate of drug-likeness (QED) is 0.687. The Morgan fingerprint density at radius 1 is 1.69 bits per heavy atom. The fourth-order valence-electron chi connectivity index (χ4n) is 1.34. The zero-order valence-corrected chi connectivity index (χ0v) is 9.48. The molecule has 1 aromatic rings. The monoisotopic (exact) mass is 226 g/mol. The van der Waals surface area contributed by atoms with E-state index in [4.69, 9.17) is 5.73 Å². The van der Waals surface area contributed by atoms with Crippen molar-refractivity contribution >= 4 is 5.91 Å². The summed E-state index contributed by atoms with van der Waals surface area (Å²) >= 11 is 0. The Labute approximate surface area is 94.6 Å². The smallest absolute Gasteiger partial charge is 0.220 e. The molecule has 0 aliphatic heterocycles. The fourth-order valence-corrected chi connectivity index (χ4v) is 1.34. The molecule has 0 aliphatic carbocycles. The highest BCUT2D eigenvalue weighted by molar-refractivity contribution is 5.76. The van der Waals surface area contributed by atoms with Gasteiger partial charge in [0, 0.05) is 19.4 Å². The van der Waals surface area contributed by atoms with Crippen molar-refractivity contribution in [1.82, 2.24) is 15.5 Å². The van der Waals surface area contributed by atoms with E-state index in [1.165, 1.54) is 6.39 Å². The standard InChI is InChI=1S/C10H18N4O2/c1-2-8(6-11)5-10(15)12-4-3-9-13-7-16-14-9/h7-8H,2-6,11H2,1H3,(H,12,15). The van der Waals surface area contributed by atoms with E-state index in [1.807, 2.05) is 6.92 Å². The minimum Gasteiger partial charge on any atom is -0.356 e. The van der Waals surface area contributed by atoms with Crippen molar-refractivity contribution in [1.29, 1.82) is 0 Å². The van der Waals surface area contributed by atoms with E-state index < -0.39 is 0 Å². The molecule has 0 aromatic carbocycles. The number of carbonyl (C=O) groups is 1. The normalized spacial score (nSPS) is 12.4. The zero-order valence-electron chi connectivity index (χ0n) is 9.48. The molecule has 0 spiro atoms. The maximum absolute atomic E-state index is 11.5. The van der Waals surface area contributed by atoms with Crippen LogP contribution in [0.2, 0.25) is 0 Å². The lowest BCUT2D eigenvalue weighted by Gasteiger charge is -2.11. The van der Waals surface area contributed by atoms with E-state index in [2.05, 4.69) is 20.0 Å². The Hall–Kier alpha value is -1.43. The molecule has 0 saturated carbocycles. The summed E-state index contributed by atoms with van der Waals surface area (Å²) in [6, 6.07) is 0. The summed E-state index contributed by atoms with van der Waals surface area (Å²) in [6.45, 7) is 3.11. The van der Waals surface area contributed by atoms with Gasteiger partial charge in [0.25, 0.3) is 0 Å². The van der Waals surface area contributed by atoms with E-state index >= 15 is 0 Å². The van der Waals surface area contributed by atoms with E-state index in [-0.39, 0.29) is 11.8 Å². The second kappa shape index (κ2) is 6.95. The first kappa shape index (κ1) is 12.6. The number of hydrogen-bond acceptors (Lipinski definition) is 5. The molecule has 6 nitrogen and oxygen atoms in total. The number of rotatable bonds is 7. The molecule has 1 amide bonds. The second-order valence-electron chi connectivity index (χ2n) is 3.66. The lowest BCUT2D eigenvalue weighted by molar-refractivity contribution is -0.121. The van der Waals surface area contributed by atoms with Gasteiger partial charge in [0.05, 0.1) is 0 Å². The van der Waals surface area contributed by atoms with Gasteiger partial charge in [0.2, 0.25) is 12.3 Å². The summed E-state index contributed by atoms with van der Waals surface area (Å²) < 4.78 is 4.58. The van der Waals surface area contributed by atoms with Crippen LogP contribution >= 0.6 is 0 Å². The predicted octanol–water partition coefficient (Wildman–Crippen LogP) is 0.103. The van der Waals surface area contributed by atoms with Crippen LogP contribution in [0.15, 0.2) is 10.9 Å². The third-order valence-corrected chi connectivity index (χ3v) is 2.46. The molecule has 0 fully saturated rings. The summed E-state index contributed by atoms with van der Waals surface area (Å²) in [5.74, 6) is 0.900. The molecule has 3 N–H and O–H groups in total. The maximum Gasteiger partial charge on any atom is 0.220 e. The molecule has 1 unspecified atom stereocenters. The predicted molar refractivity (Wildman–Crippen MR) is 58.5 cm³/mol. The molecule has 0 bridgehead atoms. The molecular formula is C10H18N4O2. The maximum atomic E-state index is 11.5. The highest BCUT2D eigenvalue weighted by Crippen LogP contribution is 2.05. The van der Waals surface area contributed by atoms with E-state index in [0.29, 0.717) is 31.8 Å². The first-order chi connectivity index (χ1) is 7.76. The minimum atomic E-state index is 0.0285.